The van der Waals surface area contributed by atoms with E-state index in [1.54, 1.807) is 36.1 Å². The van der Waals surface area contributed by atoms with Crippen LogP contribution in [0.3, 0.4) is 0 Å². The minimum absolute atomic E-state index is 0. The number of fused-ring (bicyclic) bond motifs is 2. The SMILES string of the molecule is C.O=C(Nc1cncc(-c2cnc3n[nH]c(-c4nc5c(-c6cccs6)cncc5[nH]4)c3c2)c1)C1CCC1. The number of pyridine rings is 3. The highest BCUT2D eigenvalue weighted by molar-refractivity contribution is 7.13. The number of rotatable bonds is 5. The van der Waals surface area contributed by atoms with E-state index >= 15 is 0 Å². The highest BCUT2D eigenvalue weighted by atomic mass is 32.1. The molecule has 0 spiro atoms. The monoisotopic (exact) mass is 508 g/mol. The summed E-state index contributed by atoms with van der Waals surface area (Å²) in [5.74, 6) is 0.837. The molecule has 0 saturated heterocycles. The number of carbonyl (C=O) groups is 1. The highest BCUT2D eigenvalue weighted by Crippen LogP contribution is 2.34. The Labute approximate surface area is 216 Å². The molecule has 9 nitrogen and oxygen atoms in total. The van der Waals surface area contributed by atoms with Crippen LogP contribution in [0.2, 0.25) is 0 Å². The van der Waals surface area contributed by atoms with Crippen LogP contribution in [0.5, 0.6) is 0 Å². The molecule has 7 rings (SSSR count). The standard InChI is InChI=1S/C26H20N8OS.CH4/c35-26(14-3-1-4-14)30-17-7-15(9-27-11-17)16-8-18-23(33-34-24(18)29-10-16)25-31-20-13-28-12-19(22(20)32-25)21-5-2-6-36-21;/h2,5-14H,1,3-4H2,(H,30,35)(H,31,32)(H,29,33,34);1H4. The van der Waals surface area contributed by atoms with Gasteiger partial charge >= 0.3 is 0 Å². The Morgan fingerprint density at radius 3 is 2.73 bits per heavy atom. The molecule has 0 unspecified atom stereocenters. The van der Waals surface area contributed by atoms with Crippen LogP contribution in [-0.2, 0) is 4.79 Å². The minimum atomic E-state index is 0. The number of hydrogen-bond acceptors (Lipinski definition) is 7. The topological polar surface area (TPSA) is 125 Å². The molecule has 1 aliphatic rings. The summed E-state index contributed by atoms with van der Waals surface area (Å²) in [7, 11) is 0. The molecule has 6 aromatic heterocycles. The third kappa shape index (κ3) is 4.05. The average molecular weight is 509 g/mol. The van der Waals surface area contributed by atoms with Gasteiger partial charge in [0, 0.05) is 46.1 Å². The Bertz CT molecular complexity index is 1730. The molecule has 1 saturated carbocycles. The Balaban J connectivity index is 0.00000252. The molecule has 0 aliphatic heterocycles. The summed E-state index contributed by atoms with van der Waals surface area (Å²) < 4.78 is 0. The van der Waals surface area contributed by atoms with Crippen molar-refractivity contribution in [2.24, 2.45) is 5.92 Å². The predicted molar refractivity (Wildman–Crippen MR) is 146 cm³/mol. The molecule has 37 heavy (non-hydrogen) atoms. The van der Waals surface area contributed by atoms with Crippen LogP contribution in [0.25, 0.3) is 55.2 Å². The Kier molecular flexibility index (Phi) is 5.72. The van der Waals surface area contributed by atoms with Crippen molar-refractivity contribution in [1.82, 2.24) is 35.1 Å². The van der Waals surface area contributed by atoms with Crippen molar-refractivity contribution >= 4 is 45.0 Å². The van der Waals surface area contributed by atoms with Crippen molar-refractivity contribution in [3.8, 4) is 33.1 Å². The maximum Gasteiger partial charge on any atom is 0.227 e. The van der Waals surface area contributed by atoms with Crippen molar-refractivity contribution in [2.75, 3.05) is 5.32 Å². The molecule has 1 fully saturated rings. The lowest BCUT2D eigenvalue weighted by atomic mass is 9.85. The van der Waals surface area contributed by atoms with Gasteiger partial charge < -0.3 is 10.3 Å². The van der Waals surface area contributed by atoms with E-state index in [0.29, 0.717) is 17.2 Å². The van der Waals surface area contributed by atoms with Gasteiger partial charge in [0.05, 0.1) is 29.0 Å². The number of anilines is 1. The van der Waals surface area contributed by atoms with Crippen LogP contribution in [0.4, 0.5) is 5.69 Å². The number of carbonyl (C=O) groups excluding carboxylic acids is 1. The smallest absolute Gasteiger partial charge is 0.227 e. The second-order valence-electron chi connectivity index (χ2n) is 8.92. The number of imidazole rings is 1. The van der Waals surface area contributed by atoms with E-state index in [0.717, 1.165) is 62.9 Å². The maximum absolute atomic E-state index is 12.4. The van der Waals surface area contributed by atoms with Gasteiger partial charge in [0.2, 0.25) is 5.91 Å². The van der Waals surface area contributed by atoms with E-state index < -0.39 is 0 Å². The number of amides is 1. The van der Waals surface area contributed by atoms with Crippen LogP contribution < -0.4 is 5.32 Å². The molecule has 3 N–H and O–H groups in total. The quantitative estimate of drug-likeness (QED) is 0.260. The van der Waals surface area contributed by atoms with E-state index in [2.05, 4.69) is 41.5 Å². The van der Waals surface area contributed by atoms with Gasteiger partial charge in [-0.2, -0.15) is 5.10 Å². The fraction of sp³-hybridized carbons (Fsp3) is 0.185. The van der Waals surface area contributed by atoms with Gasteiger partial charge in [-0.05, 0) is 36.4 Å². The van der Waals surface area contributed by atoms with Gasteiger partial charge in [-0.15, -0.1) is 11.3 Å². The van der Waals surface area contributed by atoms with E-state index in [4.69, 9.17) is 4.98 Å². The van der Waals surface area contributed by atoms with E-state index in [-0.39, 0.29) is 19.3 Å². The van der Waals surface area contributed by atoms with Crippen molar-refractivity contribution in [3.05, 3.63) is 60.6 Å². The fourth-order valence-electron chi connectivity index (χ4n) is 4.48. The zero-order chi connectivity index (χ0) is 24.1. The number of H-pyrrole nitrogens is 2. The third-order valence-electron chi connectivity index (χ3n) is 6.64. The summed E-state index contributed by atoms with van der Waals surface area (Å²) in [5.41, 5.74) is 6.44. The molecule has 0 atom stereocenters. The Hall–Kier alpha value is -4.44. The van der Waals surface area contributed by atoms with E-state index in [1.165, 1.54) is 0 Å². The molecular weight excluding hydrogens is 484 g/mol. The summed E-state index contributed by atoms with van der Waals surface area (Å²) in [6.07, 6.45) is 11.8. The third-order valence-corrected chi connectivity index (χ3v) is 7.55. The first-order valence-corrected chi connectivity index (χ1v) is 12.6. The van der Waals surface area contributed by atoms with Crippen LogP contribution in [0.1, 0.15) is 26.7 Å². The number of aromatic nitrogens is 7. The molecule has 10 heteroatoms. The number of thiophene rings is 1. The van der Waals surface area contributed by atoms with Crippen LogP contribution in [-0.4, -0.2) is 41.0 Å². The summed E-state index contributed by atoms with van der Waals surface area (Å²) in [5, 5.41) is 13.3. The molecule has 0 radical (unpaired) electrons. The van der Waals surface area contributed by atoms with Crippen LogP contribution in [0.15, 0.2) is 60.6 Å². The van der Waals surface area contributed by atoms with Gasteiger partial charge in [-0.1, -0.05) is 19.9 Å². The largest absolute Gasteiger partial charge is 0.335 e. The van der Waals surface area contributed by atoms with Gasteiger partial charge in [-0.3, -0.25) is 19.9 Å². The Morgan fingerprint density at radius 2 is 1.92 bits per heavy atom. The van der Waals surface area contributed by atoms with Gasteiger partial charge in [-0.25, -0.2) is 9.97 Å². The molecular formula is C27H24N8OS. The highest BCUT2D eigenvalue weighted by Gasteiger charge is 2.25. The van der Waals surface area contributed by atoms with Crippen molar-refractivity contribution in [3.63, 3.8) is 0 Å². The number of nitrogens with zero attached hydrogens (tertiary/aromatic N) is 5. The molecule has 184 valence electrons. The summed E-state index contributed by atoms with van der Waals surface area (Å²) >= 11 is 1.65. The summed E-state index contributed by atoms with van der Waals surface area (Å²) in [6, 6.07) is 8.02. The maximum atomic E-state index is 12.4. The number of nitrogens with one attached hydrogen (secondary N) is 3. The lowest BCUT2D eigenvalue weighted by Gasteiger charge is -2.24. The van der Waals surface area contributed by atoms with Crippen molar-refractivity contribution < 1.29 is 4.79 Å². The lowest BCUT2D eigenvalue weighted by molar-refractivity contribution is -0.122. The van der Waals surface area contributed by atoms with Crippen LogP contribution >= 0.6 is 11.3 Å². The minimum Gasteiger partial charge on any atom is -0.335 e. The molecule has 6 aromatic rings. The molecule has 1 amide bonds. The van der Waals surface area contributed by atoms with Crippen molar-refractivity contribution in [2.45, 2.75) is 26.7 Å². The van der Waals surface area contributed by atoms with Crippen LogP contribution in [0, 0.1) is 5.92 Å². The first-order valence-electron chi connectivity index (χ1n) is 11.7. The predicted octanol–water partition coefficient (Wildman–Crippen LogP) is 6.06. The second kappa shape index (κ2) is 9.21. The molecule has 6 heterocycles. The molecule has 0 aromatic carbocycles. The van der Waals surface area contributed by atoms with Gasteiger partial charge in [0.15, 0.2) is 11.5 Å². The molecule has 0 bridgehead atoms. The summed E-state index contributed by atoms with van der Waals surface area (Å²) in [6.45, 7) is 0. The molecule has 1 aliphatic carbocycles. The van der Waals surface area contributed by atoms with E-state index in [1.807, 2.05) is 29.8 Å². The zero-order valence-corrected chi connectivity index (χ0v) is 19.8. The van der Waals surface area contributed by atoms with Gasteiger partial charge in [0.1, 0.15) is 11.2 Å². The summed E-state index contributed by atoms with van der Waals surface area (Å²) in [4.78, 5) is 35.0. The first-order chi connectivity index (χ1) is 17.7. The number of hydrogen-bond donors (Lipinski definition) is 3. The zero-order valence-electron chi connectivity index (χ0n) is 19.0. The van der Waals surface area contributed by atoms with Gasteiger partial charge in [0.25, 0.3) is 0 Å². The second-order valence-corrected chi connectivity index (χ2v) is 9.87. The lowest BCUT2D eigenvalue weighted by Crippen LogP contribution is -2.28. The van der Waals surface area contributed by atoms with Crippen molar-refractivity contribution in [1.29, 1.82) is 0 Å². The number of aromatic amines is 2. The Morgan fingerprint density at radius 1 is 1.05 bits per heavy atom. The van der Waals surface area contributed by atoms with E-state index in [9.17, 15) is 4.79 Å². The normalized spacial score (nSPS) is 13.4. The first kappa shape index (κ1) is 23.0. The fourth-order valence-corrected chi connectivity index (χ4v) is 5.22. The average Bonchev–Trinajstić information content (AvgIpc) is 3.61.